The SMILES string of the molecule is CC(C)(O)c1ccc2c(C(F)(F)F)cncc2c1. The molecule has 5 heteroatoms. The molecule has 1 aromatic carbocycles. The van der Waals surface area contributed by atoms with Crippen LogP contribution in [0, 0.1) is 0 Å². The van der Waals surface area contributed by atoms with E-state index in [1.54, 1.807) is 13.8 Å². The van der Waals surface area contributed by atoms with Crippen molar-refractivity contribution in [3.05, 3.63) is 41.7 Å². The van der Waals surface area contributed by atoms with E-state index in [0.717, 1.165) is 6.20 Å². The molecule has 0 atom stereocenters. The number of hydrogen-bond donors (Lipinski definition) is 1. The Morgan fingerprint density at radius 2 is 1.78 bits per heavy atom. The molecule has 0 saturated heterocycles. The van der Waals surface area contributed by atoms with Crippen LogP contribution in [0.5, 0.6) is 0 Å². The summed E-state index contributed by atoms with van der Waals surface area (Å²) in [5.41, 5.74) is -1.30. The Morgan fingerprint density at radius 1 is 1.11 bits per heavy atom. The van der Waals surface area contributed by atoms with Gasteiger partial charge in [-0.3, -0.25) is 4.98 Å². The van der Waals surface area contributed by atoms with Crippen molar-refractivity contribution in [2.24, 2.45) is 0 Å². The lowest BCUT2D eigenvalue weighted by Crippen LogP contribution is -2.15. The third-order valence-corrected chi connectivity index (χ3v) is 2.77. The Labute approximate surface area is 102 Å². The zero-order valence-corrected chi connectivity index (χ0v) is 9.92. The number of rotatable bonds is 1. The molecule has 0 aliphatic rings. The third-order valence-electron chi connectivity index (χ3n) is 2.77. The molecule has 0 aliphatic heterocycles. The molecule has 1 aromatic heterocycles. The highest BCUT2D eigenvalue weighted by Gasteiger charge is 2.33. The van der Waals surface area contributed by atoms with E-state index in [-0.39, 0.29) is 5.39 Å². The Kier molecular flexibility index (Phi) is 2.81. The highest BCUT2D eigenvalue weighted by molar-refractivity contribution is 5.86. The van der Waals surface area contributed by atoms with Crippen LogP contribution in [0.2, 0.25) is 0 Å². The molecule has 1 N–H and O–H groups in total. The van der Waals surface area contributed by atoms with Crippen LogP contribution < -0.4 is 0 Å². The van der Waals surface area contributed by atoms with Crippen LogP contribution in [0.25, 0.3) is 10.8 Å². The Hall–Kier alpha value is -1.62. The van der Waals surface area contributed by atoms with Crippen molar-refractivity contribution >= 4 is 10.8 Å². The fourth-order valence-electron chi connectivity index (χ4n) is 1.78. The van der Waals surface area contributed by atoms with Gasteiger partial charge in [0.25, 0.3) is 0 Å². The average molecular weight is 255 g/mol. The number of fused-ring (bicyclic) bond motifs is 1. The molecule has 1 heterocycles. The molecule has 18 heavy (non-hydrogen) atoms. The first-order valence-electron chi connectivity index (χ1n) is 5.37. The average Bonchev–Trinajstić information content (AvgIpc) is 2.25. The quantitative estimate of drug-likeness (QED) is 0.846. The van der Waals surface area contributed by atoms with Crippen LogP contribution in [0.15, 0.2) is 30.6 Å². The van der Waals surface area contributed by atoms with Gasteiger partial charge in [-0.25, -0.2) is 0 Å². The smallest absolute Gasteiger partial charge is 0.386 e. The van der Waals surface area contributed by atoms with E-state index in [4.69, 9.17) is 0 Å². The van der Waals surface area contributed by atoms with Crippen LogP contribution in [0.3, 0.4) is 0 Å². The number of hydrogen-bond acceptors (Lipinski definition) is 2. The fourth-order valence-corrected chi connectivity index (χ4v) is 1.78. The highest BCUT2D eigenvalue weighted by Crippen LogP contribution is 2.35. The minimum atomic E-state index is -4.43. The summed E-state index contributed by atoms with van der Waals surface area (Å²) in [4.78, 5) is 3.60. The third kappa shape index (κ3) is 2.31. The number of pyridine rings is 1. The molecule has 0 spiro atoms. The van der Waals surface area contributed by atoms with Crippen LogP contribution in [0.4, 0.5) is 13.2 Å². The van der Waals surface area contributed by atoms with Gasteiger partial charge in [0, 0.05) is 17.8 Å². The first-order chi connectivity index (χ1) is 8.19. The van der Waals surface area contributed by atoms with Crippen LogP contribution >= 0.6 is 0 Å². The fraction of sp³-hybridized carbons (Fsp3) is 0.308. The second-order valence-electron chi connectivity index (χ2n) is 4.68. The van der Waals surface area contributed by atoms with Crippen molar-refractivity contribution in [2.75, 3.05) is 0 Å². The summed E-state index contributed by atoms with van der Waals surface area (Å²) in [5, 5.41) is 10.3. The normalized spacial score (nSPS) is 13.0. The van der Waals surface area contributed by atoms with Crippen molar-refractivity contribution in [3.8, 4) is 0 Å². The Morgan fingerprint density at radius 3 is 2.33 bits per heavy atom. The minimum absolute atomic E-state index is 0.0884. The summed E-state index contributed by atoms with van der Waals surface area (Å²) >= 11 is 0. The first kappa shape index (κ1) is 12.8. The van der Waals surface area contributed by atoms with E-state index in [9.17, 15) is 18.3 Å². The van der Waals surface area contributed by atoms with Gasteiger partial charge in [-0.2, -0.15) is 13.2 Å². The molecular weight excluding hydrogens is 243 g/mol. The van der Waals surface area contributed by atoms with Gasteiger partial charge in [-0.05, 0) is 30.9 Å². The summed E-state index contributed by atoms with van der Waals surface area (Å²) < 4.78 is 38.3. The van der Waals surface area contributed by atoms with E-state index < -0.39 is 17.3 Å². The van der Waals surface area contributed by atoms with Crippen molar-refractivity contribution < 1.29 is 18.3 Å². The molecule has 2 rings (SSSR count). The van der Waals surface area contributed by atoms with Crippen LogP contribution in [0.1, 0.15) is 25.0 Å². The molecule has 2 nitrogen and oxygen atoms in total. The summed E-state index contributed by atoms with van der Waals surface area (Å²) in [5.74, 6) is 0. The largest absolute Gasteiger partial charge is 0.418 e. The van der Waals surface area contributed by atoms with Crippen molar-refractivity contribution in [3.63, 3.8) is 0 Å². The lowest BCUT2D eigenvalue weighted by Gasteiger charge is -2.19. The summed E-state index contributed by atoms with van der Waals surface area (Å²) in [7, 11) is 0. The standard InChI is InChI=1S/C13H12F3NO/c1-12(2,18)9-3-4-10-8(5-9)6-17-7-11(10)13(14,15)16/h3-7,18H,1-2H3. The van der Waals surface area contributed by atoms with E-state index in [1.165, 1.54) is 24.4 Å². The Balaban J connectivity index is 2.68. The van der Waals surface area contributed by atoms with E-state index in [1.807, 2.05) is 0 Å². The molecule has 0 saturated carbocycles. The van der Waals surface area contributed by atoms with Gasteiger partial charge in [-0.1, -0.05) is 12.1 Å². The van der Waals surface area contributed by atoms with Gasteiger partial charge in [0.15, 0.2) is 0 Å². The molecule has 0 amide bonds. The van der Waals surface area contributed by atoms with Crippen molar-refractivity contribution in [2.45, 2.75) is 25.6 Å². The molecule has 0 radical (unpaired) electrons. The topological polar surface area (TPSA) is 33.1 Å². The molecule has 0 bridgehead atoms. The number of aliphatic hydroxyl groups is 1. The zero-order valence-electron chi connectivity index (χ0n) is 9.92. The van der Waals surface area contributed by atoms with E-state index in [2.05, 4.69) is 4.98 Å². The summed E-state index contributed by atoms with van der Waals surface area (Å²) in [6.07, 6.45) is -2.26. The number of alkyl halides is 3. The molecule has 96 valence electrons. The summed E-state index contributed by atoms with van der Waals surface area (Å²) in [6.45, 7) is 3.16. The number of aromatic nitrogens is 1. The van der Waals surface area contributed by atoms with Gasteiger partial charge in [0.2, 0.25) is 0 Å². The second-order valence-corrected chi connectivity index (χ2v) is 4.68. The number of nitrogens with zero attached hydrogens (tertiary/aromatic N) is 1. The van der Waals surface area contributed by atoms with Gasteiger partial charge in [-0.15, -0.1) is 0 Å². The van der Waals surface area contributed by atoms with E-state index >= 15 is 0 Å². The minimum Gasteiger partial charge on any atom is -0.386 e. The van der Waals surface area contributed by atoms with Crippen molar-refractivity contribution in [1.82, 2.24) is 4.98 Å². The van der Waals surface area contributed by atoms with Crippen molar-refractivity contribution in [1.29, 1.82) is 0 Å². The molecule has 2 aromatic rings. The maximum Gasteiger partial charge on any atom is 0.418 e. The first-order valence-corrected chi connectivity index (χ1v) is 5.37. The number of halogens is 3. The van der Waals surface area contributed by atoms with Gasteiger partial charge >= 0.3 is 6.18 Å². The maximum absolute atomic E-state index is 12.8. The summed E-state index contributed by atoms with van der Waals surface area (Å²) in [6, 6.07) is 4.39. The van der Waals surface area contributed by atoms with Gasteiger partial charge < -0.3 is 5.11 Å². The molecule has 0 aliphatic carbocycles. The van der Waals surface area contributed by atoms with Crippen LogP contribution in [-0.4, -0.2) is 10.1 Å². The Bertz CT molecular complexity index is 585. The molecular formula is C13H12F3NO. The maximum atomic E-state index is 12.8. The lowest BCUT2D eigenvalue weighted by atomic mass is 9.95. The highest BCUT2D eigenvalue weighted by atomic mass is 19.4. The van der Waals surface area contributed by atoms with E-state index in [0.29, 0.717) is 10.9 Å². The zero-order chi connectivity index (χ0) is 13.6. The monoisotopic (exact) mass is 255 g/mol. The lowest BCUT2D eigenvalue weighted by molar-refractivity contribution is -0.136. The molecule has 0 unspecified atom stereocenters. The predicted octanol–water partition coefficient (Wildman–Crippen LogP) is 3.48. The van der Waals surface area contributed by atoms with Gasteiger partial charge in [0.1, 0.15) is 0 Å². The predicted molar refractivity (Wildman–Crippen MR) is 62.0 cm³/mol. The second kappa shape index (κ2) is 3.95. The van der Waals surface area contributed by atoms with Gasteiger partial charge in [0.05, 0.1) is 11.2 Å². The van der Waals surface area contributed by atoms with Crippen LogP contribution in [-0.2, 0) is 11.8 Å². The number of benzene rings is 1. The molecule has 0 fully saturated rings.